The highest BCUT2D eigenvalue weighted by atomic mass is 16.1. The fourth-order valence-electron chi connectivity index (χ4n) is 2.36. The monoisotopic (exact) mass is 333 g/mol. The van der Waals surface area contributed by atoms with Crippen LogP contribution in [0.1, 0.15) is 15.9 Å². The molecule has 0 bridgehead atoms. The Morgan fingerprint density at radius 2 is 1.72 bits per heavy atom. The lowest BCUT2D eigenvalue weighted by Crippen LogP contribution is -2.12. The van der Waals surface area contributed by atoms with Crippen molar-refractivity contribution in [3.63, 3.8) is 0 Å². The molecule has 0 aliphatic rings. The Labute approximate surface area is 145 Å². The van der Waals surface area contributed by atoms with Crippen molar-refractivity contribution in [2.45, 2.75) is 6.92 Å². The number of nitrogens with zero attached hydrogens (tertiary/aromatic N) is 1. The van der Waals surface area contributed by atoms with Crippen molar-refractivity contribution in [1.29, 1.82) is 0 Å². The van der Waals surface area contributed by atoms with Gasteiger partial charge in [0.2, 0.25) is 0 Å². The van der Waals surface area contributed by atoms with Gasteiger partial charge < -0.3 is 22.1 Å². The number of carbonyl (C=O) groups is 1. The lowest BCUT2D eigenvalue weighted by Gasteiger charge is -2.12. The molecule has 1 aromatic heterocycles. The number of carbonyl (C=O) groups excluding carboxylic acids is 1. The Morgan fingerprint density at radius 3 is 2.48 bits per heavy atom. The molecule has 0 saturated heterocycles. The lowest BCUT2D eigenvalue weighted by molar-refractivity contribution is 0.102. The van der Waals surface area contributed by atoms with Gasteiger partial charge >= 0.3 is 0 Å². The second-order valence-electron chi connectivity index (χ2n) is 5.65. The number of benzene rings is 2. The molecule has 25 heavy (non-hydrogen) atoms. The van der Waals surface area contributed by atoms with Crippen LogP contribution in [-0.2, 0) is 0 Å². The summed E-state index contributed by atoms with van der Waals surface area (Å²) in [5, 5.41) is 6.16. The molecular weight excluding hydrogens is 314 g/mol. The molecule has 1 heterocycles. The fourth-order valence-corrected chi connectivity index (χ4v) is 2.36. The van der Waals surface area contributed by atoms with Crippen molar-refractivity contribution in [1.82, 2.24) is 4.98 Å². The molecule has 1 amide bonds. The van der Waals surface area contributed by atoms with E-state index >= 15 is 0 Å². The predicted octanol–water partition coefficient (Wildman–Crippen LogP) is 3.55. The third-order valence-electron chi connectivity index (χ3n) is 3.82. The normalized spacial score (nSPS) is 10.3. The summed E-state index contributed by atoms with van der Waals surface area (Å²) in [6.45, 7) is 1.90. The number of rotatable bonds is 4. The van der Waals surface area contributed by atoms with Crippen LogP contribution in [0.2, 0.25) is 0 Å². The summed E-state index contributed by atoms with van der Waals surface area (Å²) in [5.74, 6) is 0.291. The summed E-state index contributed by atoms with van der Waals surface area (Å²) < 4.78 is 0. The Morgan fingerprint density at radius 1 is 1.00 bits per heavy atom. The number of hydrogen-bond donors (Lipinski definition) is 4. The average Bonchev–Trinajstić information content (AvgIpc) is 2.60. The molecule has 126 valence electrons. The van der Waals surface area contributed by atoms with Crippen molar-refractivity contribution in [3.8, 4) is 0 Å². The van der Waals surface area contributed by atoms with E-state index in [-0.39, 0.29) is 5.91 Å². The third kappa shape index (κ3) is 3.87. The summed E-state index contributed by atoms with van der Waals surface area (Å²) in [5.41, 5.74) is 15.9. The van der Waals surface area contributed by atoms with E-state index in [1.54, 1.807) is 30.5 Å². The molecule has 3 rings (SSSR count). The van der Waals surface area contributed by atoms with Crippen LogP contribution in [0.15, 0.2) is 60.8 Å². The molecule has 0 fully saturated rings. The molecule has 6 N–H and O–H groups in total. The van der Waals surface area contributed by atoms with Gasteiger partial charge in [0, 0.05) is 40.1 Å². The summed E-state index contributed by atoms with van der Waals surface area (Å²) in [4.78, 5) is 16.3. The van der Waals surface area contributed by atoms with Crippen molar-refractivity contribution >= 4 is 34.5 Å². The smallest absolute Gasteiger partial charge is 0.255 e. The van der Waals surface area contributed by atoms with Gasteiger partial charge in [-0.25, -0.2) is 4.98 Å². The molecule has 0 radical (unpaired) electrons. The second kappa shape index (κ2) is 6.92. The van der Waals surface area contributed by atoms with Gasteiger partial charge in [-0.1, -0.05) is 6.07 Å². The molecule has 0 aliphatic heterocycles. The van der Waals surface area contributed by atoms with E-state index in [0.29, 0.717) is 22.8 Å². The number of nitrogen functional groups attached to an aromatic ring is 2. The van der Waals surface area contributed by atoms with Crippen LogP contribution in [0.4, 0.5) is 28.6 Å². The highest BCUT2D eigenvalue weighted by Gasteiger charge is 2.07. The SMILES string of the molecule is Cc1c(Nc2cccc(NC(=O)c3ccc(N)cc3)c2)ccnc1N. The van der Waals surface area contributed by atoms with E-state index in [1.807, 2.05) is 37.3 Å². The summed E-state index contributed by atoms with van der Waals surface area (Å²) in [6, 6.07) is 16.1. The van der Waals surface area contributed by atoms with Crippen molar-refractivity contribution < 1.29 is 4.79 Å². The highest BCUT2D eigenvalue weighted by molar-refractivity contribution is 6.04. The van der Waals surface area contributed by atoms with Crippen molar-refractivity contribution in [3.05, 3.63) is 71.9 Å². The van der Waals surface area contributed by atoms with E-state index in [2.05, 4.69) is 15.6 Å². The molecule has 3 aromatic rings. The second-order valence-corrected chi connectivity index (χ2v) is 5.65. The van der Waals surface area contributed by atoms with Crippen molar-refractivity contribution in [2.24, 2.45) is 0 Å². The van der Waals surface area contributed by atoms with Gasteiger partial charge in [-0.2, -0.15) is 0 Å². The Kier molecular flexibility index (Phi) is 4.52. The van der Waals surface area contributed by atoms with Crippen LogP contribution in [0, 0.1) is 6.92 Å². The number of hydrogen-bond acceptors (Lipinski definition) is 5. The van der Waals surface area contributed by atoms with Gasteiger partial charge in [-0.3, -0.25) is 4.79 Å². The molecule has 2 aromatic carbocycles. The van der Waals surface area contributed by atoms with Crippen LogP contribution in [0.5, 0.6) is 0 Å². The van der Waals surface area contributed by atoms with Gasteiger partial charge in [0.15, 0.2) is 0 Å². The lowest BCUT2D eigenvalue weighted by atomic mass is 10.2. The summed E-state index contributed by atoms with van der Waals surface area (Å²) in [6.07, 6.45) is 1.65. The minimum Gasteiger partial charge on any atom is -0.399 e. The average molecular weight is 333 g/mol. The van der Waals surface area contributed by atoms with E-state index in [4.69, 9.17) is 11.5 Å². The molecule has 0 unspecified atom stereocenters. The zero-order chi connectivity index (χ0) is 17.8. The number of amides is 1. The van der Waals surface area contributed by atoms with Crippen LogP contribution >= 0.6 is 0 Å². The summed E-state index contributed by atoms with van der Waals surface area (Å²) in [7, 11) is 0. The number of anilines is 5. The maximum Gasteiger partial charge on any atom is 0.255 e. The number of pyridine rings is 1. The zero-order valence-corrected chi connectivity index (χ0v) is 13.8. The first kappa shape index (κ1) is 16.3. The minimum atomic E-state index is -0.193. The molecule has 0 saturated carbocycles. The fraction of sp³-hybridized carbons (Fsp3) is 0.0526. The zero-order valence-electron chi connectivity index (χ0n) is 13.8. The van der Waals surface area contributed by atoms with Gasteiger partial charge in [-0.05, 0) is 55.5 Å². The Hall–Kier alpha value is -3.54. The van der Waals surface area contributed by atoms with E-state index in [0.717, 1.165) is 16.9 Å². The first-order valence-electron chi connectivity index (χ1n) is 7.78. The van der Waals surface area contributed by atoms with E-state index in [1.165, 1.54) is 0 Å². The highest BCUT2D eigenvalue weighted by Crippen LogP contribution is 2.24. The predicted molar refractivity (Wildman–Crippen MR) is 102 cm³/mol. The summed E-state index contributed by atoms with van der Waals surface area (Å²) >= 11 is 0. The topological polar surface area (TPSA) is 106 Å². The number of nitrogens with one attached hydrogen (secondary N) is 2. The Bertz CT molecular complexity index is 906. The third-order valence-corrected chi connectivity index (χ3v) is 3.82. The van der Waals surface area contributed by atoms with Gasteiger partial charge in [-0.15, -0.1) is 0 Å². The molecule has 6 nitrogen and oxygen atoms in total. The van der Waals surface area contributed by atoms with Gasteiger partial charge in [0.1, 0.15) is 5.82 Å². The van der Waals surface area contributed by atoms with E-state index in [9.17, 15) is 4.79 Å². The molecule has 0 atom stereocenters. The van der Waals surface area contributed by atoms with Crippen LogP contribution in [0.25, 0.3) is 0 Å². The molecule has 0 aliphatic carbocycles. The van der Waals surface area contributed by atoms with Crippen LogP contribution in [0.3, 0.4) is 0 Å². The largest absolute Gasteiger partial charge is 0.399 e. The van der Waals surface area contributed by atoms with Gasteiger partial charge in [0.25, 0.3) is 5.91 Å². The number of nitrogens with two attached hydrogens (primary N) is 2. The minimum absolute atomic E-state index is 0.193. The quantitative estimate of drug-likeness (QED) is 0.546. The maximum absolute atomic E-state index is 12.3. The van der Waals surface area contributed by atoms with Gasteiger partial charge in [0.05, 0.1) is 0 Å². The number of aromatic nitrogens is 1. The van der Waals surface area contributed by atoms with Crippen LogP contribution < -0.4 is 22.1 Å². The standard InChI is InChI=1S/C19H19N5O/c1-12-17(9-10-22-18(12)21)23-15-3-2-4-16(11-15)24-19(25)13-5-7-14(20)8-6-13/h2-11H,20H2,1H3,(H,24,25)(H3,21,22,23). The maximum atomic E-state index is 12.3. The first-order chi connectivity index (χ1) is 12.0. The first-order valence-corrected chi connectivity index (χ1v) is 7.78. The molecule has 6 heteroatoms. The van der Waals surface area contributed by atoms with Crippen molar-refractivity contribution in [2.75, 3.05) is 22.1 Å². The van der Waals surface area contributed by atoms with Crippen LogP contribution in [-0.4, -0.2) is 10.9 Å². The molecular formula is C19H19N5O. The van der Waals surface area contributed by atoms with E-state index < -0.39 is 0 Å². The molecule has 0 spiro atoms. The Balaban J connectivity index is 1.76.